The summed E-state index contributed by atoms with van der Waals surface area (Å²) >= 11 is 0. The molecule has 0 spiro atoms. The highest BCUT2D eigenvalue weighted by Crippen LogP contribution is 2.08. The lowest BCUT2D eigenvalue weighted by molar-refractivity contribution is -0.141. The molecule has 2 amide bonds. The largest absolute Gasteiger partial charge is 0.480 e. The van der Waals surface area contributed by atoms with E-state index in [0.29, 0.717) is 0 Å². The van der Waals surface area contributed by atoms with Gasteiger partial charge in [-0.1, -0.05) is 0 Å². The summed E-state index contributed by atoms with van der Waals surface area (Å²) in [4.78, 5) is 25.9. The Morgan fingerprint density at radius 2 is 2.18 bits per heavy atom. The quantitative estimate of drug-likeness (QED) is 0.742. The van der Waals surface area contributed by atoms with Crippen LogP contribution in [0.25, 0.3) is 0 Å². The van der Waals surface area contributed by atoms with E-state index in [2.05, 4.69) is 10.2 Å². The van der Waals surface area contributed by atoms with Gasteiger partial charge in [-0.05, 0) is 33.4 Å². The zero-order chi connectivity index (χ0) is 13.0. The minimum atomic E-state index is -0.997. The van der Waals surface area contributed by atoms with Crippen LogP contribution < -0.4 is 5.32 Å². The Labute approximate surface area is 102 Å². The summed E-state index contributed by atoms with van der Waals surface area (Å²) in [7, 11) is 3.52. The molecule has 0 aromatic rings. The molecule has 2 N–H and O–H groups in total. The molecule has 0 aliphatic carbocycles. The average molecular weight is 243 g/mol. The second-order valence-corrected chi connectivity index (χ2v) is 4.68. The number of carbonyl (C=O) groups is 2. The van der Waals surface area contributed by atoms with Gasteiger partial charge in [-0.3, -0.25) is 0 Å². The van der Waals surface area contributed by atoms with Crippen molar-refractivity contribution in [2.75, 3.05) is 27.2 Å². The molecule has 1 aliphatic rings. The molecule has 1 fully saturated rings. The molecular formula is C11H21N3O3. The Bertz CT molecular complexity index is 296. The van der Waals surface area contributed by atoms with Crippen molar-refractivity contribution in [1.29, 1.82) is 0 Å². The topological polar surface area (TPSA) is 72.9 Å². The number of carboxylic acids is 1. The Balaban J connectivity index is 2.45. The van der Waals surface area contributed by atoms with Gasteiger partial charge in [0.25, 0.3) is 0 Å². The zero-order valence-corrected chi connectivity index (χ0v) is 10.6. The number of hydrogen-bond donors (Lipinski definition) is 2. The third-order valence-electron chi connectivity index (χ3n) is 3.21. The van der Waals surface area contributed by atoms with Gasteiger partial charge in [-0.15, -0.1) is 0 Å². The molecule has 2 unspecified atom stereocenters. The van der Waals surface area contributed by atoms with Crippen LogP contribution in [0.1, 0.15) is 19.8 Å². The van der Waals surface area contributed by atoms with E-state index in [1.165, 1.54) is 18.9 Å². The van der Waals surface area contributed by atoms with Gasteiger partial charge < -0.3 is 20.2 Å². The van der Waals surface area contributed by atoms with E-state index >= 15 is 0 Å². The van der Waals surface area contributed by atoms with Crippen LogP contribution in [0.3, 0.4) is 0 Å². The van der Waals surface area contributed by atoms with Crippen molar-refractivity contribution in [3.8, 4) is 0 Å². The highest BCUT2D eigenvalue weighted by Gasteiger charge is 2.25. The first-order valence-corrected chi connectivity index (χ1v) is 5.86. The number of carboxylic acid groups (broad SMARTS) is 1. The zero-order valence-electron chi connectivity index (χ0n) is 10.6. The number of likely N-dealkylation sites (N-methyl/N-ethyl adjacent to an activating group) is 2. The SMILES string of the molecule is CC(C(=O)O)N(C)C(=O)NC1CCCN(C)C1. The average Bonchev–Trinajstić information content (AvgIpc) is 2.26. The predicted molar refractivity (Wildman–Crippen MR) is 63.9 cm³/mol. The maximum atomic E-state index is 11.8. The van der Waals surface area contributed by atoms with Gasteiger partial charge in [0, 0.05) is 19.6 Å². The summed E-state index contributed by atoms with van der Waals surface area (Å²) < 4.78 is 0. The molecular weight excluding hydrogens is 222 g/mol. The van der Waals surface area contributed by atoms with Crippen LogP contribution in [0.5, 0.6) is 0 Å². The van der Waals surface area contributed by atoms with Crippen molar-refractivity contribution in [1.82, 2.24) is 15.1 Å². The molecule has 6 heteroatoms. The fraction of sp³-hybridized carbons (Fsp3) is 0.818. The molecule has 1 saturated heterocycles. The Morgan fingerprint density at radius 1 is 1.53 bits per heavy atom. The minimum Gasteiger partial charge on any atom is -0.480 e. The molecule has 0 bridgehead atoms. The van der Waals surface area contributed by atoms with E-state index in [1.807, 2.05) is 7.05 Å². The fourth-order valence-electron chi connectivity index (χ4n) is 1.90. The smallest absolute Gasteiger partial charge is 0.326 e. The van der Waals surface area contributed by atoms with Crippen LogP contribution in [-0.4, -0.2) is 66.2 Å². The Morgan fingerprint density at radius 3 is 2.71 bits per heavy atom. The lowest BCUT2D eigenvalue weighted by Crippen LogP contribution is -2.52. The van der Waals surface area contributed by atoms with Crippen LogP contribution in [0.15, 0.2) is 0 Å². The van der Waals surface area contributed by atoms with Gasteiger partial charge in [-0.25, -0.2) is 9.59 Å². The third kappa shape index (κ3) is 3.89. The molecule has 0 saturated carbocycles. The standard InChI is InChI=1S/C11H21N3O3/c1-8(10(15)16)14(3)11(17)12-9-5-4-6-13(2)7-9/h8-9H,4-7H2,1-3H3,(H,12,17)(H,15,16). The number of hydrogen-bond acceptors (Lipinski definition) is 3. The first-order valence-electron chi connectivity index (χ1n) is 5.86. The number of amides is 2. The first-order chi connectivity index (χ1) is 7.91. The van der Waals surface area contributed by atoms with Crippen LogP contribution in [0, 0.1) is 0 Å². The van der Waals surface area contributed by atoms with Crippen LogP contribution in [-0.2, 0) is 4.79 Å². The van der Waals surface area contributed by atoms with Crippen molar-refractivity contribution in [2.24, 2.45) is 0 Å². The van der Waals surface area contributed by atoms with Gasteiger partial charge >= 0.3 is 12.0 Å². The molecule has 0 aromatic heterocycles. The molecule has 1 aliphatic heterocycles. The maximum absolute atomic E-state index is 11.8. The normalized spacial score (nSPS) is 22.9. The predicted octanol–water partition coefficient (Wildman–Crippen LogP) is 0.195. The van der Waals surface area contributed by atoms with E-state index < -0.39 is 12.0 Å². The molecule has 6 nitrogen and oxygen atoms in total. The van der Waals surface area contributed by atoms with Crippen molar-refractivity contribution in [3.05, 3.63) is 0 Å². The highest BCUT2D eigenvalue weighted by atomic mass is 16.4. The van der Waals surface area contributed by atoms with Crippen LogP contribution in [0.4, 0.5) is 4.79 Å². The fourth-order valence-corrected chi connectivity index (χ4v) is 1.90. The number of likely N-dealkylation sites (tertiary alicyclic amines) is 1. The van der Waals surface area contributed by atoms with E-state index in [0.717, 1.165) is 25.9 Å². The van der Waals surface area contributed by atoms with Crippen molar-refractivity contribution in [3.63, 3.8) is 0 Å². The summed E-state index contributed by atoms with van der Waals surface area (Å²) in [5, 5.41) is 11.7. The van der Waals surface area contributed by atoms with Crippen molar-refractivity contribution < 1.29 is 14.7 Å². The van der Waals surface area contributed by atoms with Crippen LogP contribution >= 0.6 is 0 Å². The summed E-state index contributed by atoms with van der Waals surface area (Å²) in [5.74, 6) is -0.997. The lowest BCUT2D eigenvalue weighted by atomic mass is 10.1. The third-order valence-corrected chi connectivity index (χ3v) is 3.21. The number of nitrogens with zero attached hydrogens (tertiary/aromatic N) is 2. The van der Waals surface area contributed by atoms with Gasteiger partial charge in [0.2, 0.25) is 0 Å². The number of carbonyl (C=O) groups excluding carboxylic acids is 1. The van der Waals surface area contributed by atoms with Crippen molar-refractivity contribution in [2.45, 2.75) is 31.8 Å². The second kappa shape index (κ2) is 5.86. The van der Waals surface area contributed by atoms with E-state index in [-0.39, 0.29) is 12.1 Å². The number of aliphatic carboxylic acids is 1. The summed E-state index contributed by atoms with van der Waals surface area (Å²) in [6.07, 6.45) is 2.00. The molecule has 17 heavy (non-hydrogen) atoms. The van der Waals surface area contributed by atoms with Gasteiger partial charge in [0.1, 0.15) is 6.04 Å². The molecule has 1 rings (SSSR count). The van der Waals surface area contributed by atoms with Gasteiger partial charge in [0.15, 0.2) is 0 Å². The Hall–Kier alpha value is -1.30. The van der Waals surface area contributed by atoms with Gasteiger partial charge in [-0.2, -0.15) is 0 Å². The van der Waals surface area contributed by atoms with E-state index in [9.17, 15) is 9.59 Å². The highest BCUT2D eigenvalue weighted by molar-refractivity contribution is 5.82. The van der Waals surface area contributed by atoms with Gasteiger partial charge in [0.05, 0.1) is 0 Å². The Kier molecular flexibility index (Phi) is 4.74. The second-order valence-electron chi connectivity index (χ2n) is 4.68. The molecule has 1 heterocycles. The summed E-state index contributed by atoms with van der Waals surface area (Å²) in [5.41, 5.74) is 0. The van der Waals surface area contributed by atoms with Crippen LogP contribution in [0.2, 0.25) is 0 Å². The number of rotatable bonds is 3. The number of urea groups is 1. The molecule has 98 valence electrons. The molecule has 0 aromatic carbocycles. The van der Waals surface area contributed by atoms with E-state index in [1.54, 1.807) is 0 Å². The van der Waals surface area contributed by atoms with Crippen molar-refractivity contribution >= 4 is 12.0 Å². The molecule has 2 atom stereocenters. The summed E-state index contributed by atoms with van der Waals surface area (Å²) in [6, 6.07) is -1.01. The number of piperidine rings is 1. The lowest BCUT2D eigenvalue weighted by Gasteiger charge is -2.32. The summed E-state index contributed by atoms with van der Waals surface area (Å²) in [6.45, 7) is 3.36. The maximum Gasteiger partial charge on any atom is 0.326 e. The van der Waals surface area contributed by atoms with E-state index in [4.69, 9.17) is 5.11 Å². The number of nitrogens with one attached hydrogen (secondary N) is 1. The first kappa shape index (κ1) is 13.8. The monoisotopic (exact) mass is 243 g/mol. The molecule has 0 radical (unpaired) electrons. The minimum absolute atomic E-state index is 0.115.